The van der Waals surface area contributed by atoms with E-state index in [1.807, 2.05) is 23.1 Å². The van der Waals surface area contributed by atoms with Gasteiger partial charge in [0.15, 0.2) is 0 Å². The Labute approximate surface area is 136 Å². The minimum atomic E-state index is 0.122. The number of nitrogens with zero attached hydrogens (tertiary/aromatic N) is 1. The fraction of sp³-hybridized carbons (Fsp3) is 0.350. The van der Waals surface area contributed by atoms with Crippen molar-refractivity contribution in [2.45, 2.75) is 25.3 Å². The summed E-state index contributed by atoms with van der Waals surface area (Å²) in [5.41, 5.74) is 3.85. The molecule has 118 valence electrons. The van der Waals surface area contributed by atoms with E-state index in [4.69, 9.17) is 4.74 Å². The lowest BCUT2D eigenvalue weighted by atomic mass is 9.99. The Hall–Kier alpha value is -2.29. The van der Waals surface area contributed by atoms with Crippen LogP contribution in [0.3, 0.4) is 0 Å². The number of hydrogen-bond donors (Lipinski definition) is 0. The molecule has 0 radical (unpaired) electrons. The van der Waals surface area contributed by atoms with Gasteiger partial charge < -0.3 is 9.64 Å². The van der Waals surface area contributed by atoms with Crippen molar-refractivity contribution in [2.75, 3.05) is 13.7 Å². The summed E-state index contributed by atoms with van der Waals surface area (Å²) in [5.74, 6) is 1.64. The normalized spacial score (nSPS) is 22.4. The molecular formula is C20H21NO2. The van der Waals surface area contributed by atoms with Crippen LogP contribution in [0.4, 0.5) is 0 Å². The minimum absolute atomic E-state index is 0.122. The first-order valence-corrected chi connectivity index (χ1v) is 8.26. The highest BCUT2D eigenvalue weighted by molar-refractivity contribution is 5.83. The number of methoxy groups -OCH3 is 1. The second-order valence-corrected chi connectivity index (χ2v) is 6.47. The number of para-hydroxylation sites is 1. The molecule has 2 atom stereocenters. The first-order chi connectivity index (χ1) is 11.3. The summed E-state index contributed by atoms with van der Waals surface area (Å²) in [6.07, 6.45) is 1.91. The van der Waals surface area contributed by atoms with Crippen LogP contribution in [0.5, 0.6) is 5.75 Å². The van der Waals surface area contributed by atoms with E-state index in [0.29, 0.717) is 11.8 Å². The Bertz CT molecular complexity index is 740. The lowest BCUT2D eigenvalue weighted by molar-refractivity contribution is -0.133. The molecule has 1 amide bonds. The highest BCUT2D eigenvalue weighted by atomic mass is 16.5. The van der Waals surface area contributed by atoms with Crippen LogP contribution in [0, 0.1) is 5.92 Å². The Morgan fingerprint density at radius 2 is 1.83 bits per heavy atom. The molecule has 1 fully saturated rings. The van der Waals surface area contributed by atoms with E-state index in [1.54, 1.807) is 7.11 Å². The van der Waals surface area contributed by atoms with Crippen molar-refractivity contribution in [1.29, 1.82) is 0 Å². The molecule has 3 heteroatoms. The lowest BCUT2D eigenvalue weighted by Crippen LogP contribution is -2.37. The predicted octanol–water partition coefficient (Wildman–Crippen LogP) is 3.38. The SMILES string of the molecule is COc1ccccc1[C@@H]1C[C@H]1C(=O)N1CCc2ccccc2C1. The van der Waals surface area contributed by atoms with Gasteiger partial charge in [-0.15, -0.1) is 0 Å². The summed E-state index contributed by atoms with van der Waals surface area (Å²) in [6, 6.07) is 16.5. The zero-order valence-electron chi connectivity index (χ0n) is 13.4. The van der Waals surface area contributed by atoms with Crippen LogP contribution in [-0.2, 0) is 17.8 Å². The molecule has 0 saturated heterocycles. The largest absolute Gasteiger partial charge is 0.496 e. The second-order valence-electron chi connectivity index (χ2n) is 6.47. The fourth-order valence-corrected chi connectivity index (χ4v) is 3.70. The van der Waals surface area contributed by atoms with Gasteiger partial charge in [-0.05, 0) is 41.5 Å². The van der Waals surface area contributed by atoms with Gasteiger partial charge in [0, 0.05) is 19.0 Å². The van der Waals surface area contributed by atoms with Crippen molar-refractivity contribution in [3.63, 3.8) is 0 Å². The molecule has 0 N–H and O–H groups in total. The third-order valence-corrected chi connectivity index (χ3v) is 5.09. The molecule has 2 aliphatic rings. The monoisotopic (exact) mass is 307 g/mol. The molecule has 0 aromatic heterocycles. The van der Waals surface area contributed by atoms with Crippen molar-refractivity contribution in [3.05, 3.63) is 65.2 Å². The molecule has 0 bridgehead atoms. The molecule has 2 aromatic carbocycles. The van der Waals surface area contributed by atoms with E-state index in [9.17, 15) is 4.79 Å². The number of fused-ring (bicyclic) bond motifs is 1. The Morgan fingerprint density at radius 1 is 1.09 bits per heavy atom. The van der Waals surface area contributed by atoms with E-state index in [-0.39, 0.29) is 5.92 Å². The van der Waals surface area contributed by atoms with Crippen molar-refractivity contribution in [1.82, 2.24) is 4.90 Å². The van der Waals surface area contributed by atoms with Gasteiger partial charge in [0.1, 0.15) is 5.75 Å². The third kappa shape index (κ3) is 2.61. The summed E-state index contributed by atoms with van der Waals surface area (Å²) in [7, 11) is 1.69. The highest BCUT2D eigenvalue weighted by Crippen LogP contribution is 2.51. The first-order valence-electron chi connectivity index (χ1n) is 8.26. The van der Waals surface area contributed by atoms with Crippen molar-refractivity contribution >= 4 is 5.91 Å². The van der Waals surface area contributed by atoms with Gasteiger partial charge in [-0.2, -0.15) is 0 Å². The molecule has 2 aromatic rings. The van der Waals surface area contributed by atoms with E-state index >= 15 is 0 Å². The van der Waals surface area contributed by atoms with Crippen LogP contribution < -0.4 is 4.74 Å². The summed E-state index contributed by atoms with van der Waals surface area (Å²) in [4.78, 5) is 14.9. The van der Waals surface area contributed by atoms with Gasteiger partial charge >= 0.3 is 0 Å². The number of hydrogen-bond acceptors (Lipinski definition) is 2. The lowest BCUT2D eigenvalue weighted by Gasteiger charge is -2.29. The topological polar surface area (TPSA) is 29.5 Å². The number of benzene rings is 2. The van der Waals surface area contributed by atoms with E-state index in [2.05, 4.69) is 30.3 Å². The van der Waals surface area contributed by atoms with Gasteiger partial charge in [0.2, 0.25) is 5.91 Å². The van der Waals surface area contributed by atoms with Crippen LogP contribution in [0.15, 0.2) is 48.5 Å². The summed E-state index contributed by atoms with van der Waals surface area (Å²) in [5, 5.41) is 0. The predicted molar refractivity (Wildman–Crippen MR) is 89.4 cm³/mol. The molecule has 1 heterocycles. The van der Waals surface area contributed by atoms with Crippen LogP contribution in [-0.4, -0.2) is 24.5 Å². The van der Waals surface area contributed by atoms with Crippen LogP contribution in [0.2, 0.25) is 0 Å². The summed E-state index contributed by atoms with van der Waals surface area (Å²) in [6.45, 7) is 1.59. The van der Waals surface area contributed by atoms with Crippen LogP contribution in [0.25, 0.3) is 0 Å². The van der Waals surface area contributed by atoms with Crippen molar-refractivity contribution < 1.29 is 9.53 Å². The molecular weight excluding hydrogens is 286 g/mol. The Balaban J connectivity index is 1.48. The van der Waals surface area contributed by atoms with E-state index in [0.717, 1.165) is 31.7 Å². The molecule has 1 aliphatic heterocycles. The smallest absolute Gasteiger partial charge is 0.226 e. The number of rotatable bonds is 3. The average molecular weight is 307 g/mol. The number of carbonyl (C=O) groups excluding carboxylic acids is 1. The maximum absolute atomic E-state index is 12.8. The van der Waals surface area contributed by atoms with Crippen molar-refractivity contribution in [3.8, 4) is 5.75 Å². The molecule has 1 aliphatic carbocycles. The molecule has 1 saturated carbocycles. The number of ether oxygens (including phenoxy) is 1. The van der Waals surface area contributed by atoms with Gasteiger partial charge in [-0.25, -0.2) is 0 Å². The van der Waals surface area contributed by atoms with Gasteiger partial charge in [-0.1, -0.05) is 42.5 Å². The van der Waals surface area contributed by atoms with E-state index in [1.165, 1.54) is 16.7 Å². The number of amides is 1. The van der Waals surface area contributed by atoms with Gasteiger partial charge in [0.05, 0.1) is 7.11 Å². The Kier molecular flexibility index (Phi) is 3.56. The third-order valence-electron chi connectivity index (χ3n) is 5.09. The Morgan fingerprint density at radius 3 is 2.65 bits per heavy atom. The standard InChI is InChI=1S/C20H21NO2/c1-23-19-9-5-4-8-16(19)17-12-18(17)20(22)21-11-10-14-6-2-3-7-15(14)13-21/h2-9,17-18H,10-13H2,1H3/t17-,18+/m0/s1. The maximum atomic E-state index is 12.8. The molecule has 3 nitrogen and oxygen atoms in total. The number of carbonyl (C=O) groups is 1. The first kappa shape index (κ1) is 14.3. The molecule has 0 spiro atoms. The van der Waals surface area contributed by atoms with Crippen LogP contribution >= 0.6 is 0 Å². The van der Waals surface area contributed by atoms with Gasteiger partial charge in [-0.3, -0.25) is 4.79 Å². The van der Waals surface area contributed by atoms with E-state index < -0.39 is 0 Å². The maximum Gasteiger partial charge on any atom is 0.226 e. The van der Waals surface area contributed by atoms with Crippen LogP contribution in [0.1, 0.15) is 29.0 Å². The minimum Gasteiger partial charge on any atom is -0.496 e. The van der Waals surface area contributed by atoms with Crippen molar-refractivity contribution in [2.24, 2.45) is 5.92 Å². The average Bonchev–Trinajstić information content (AvgIpc) is 3.41. The molecule has 23 heavy (non-hydrogen) atoms. The summed E-state index contributed by atoms with van der Waals surface area (Å²) < 4.78 is 5.44. The highest BCUT2D eigenvalue weighted by Gasteiger charge is 2.47. The fourth-order valence-electron chi connectivity index (χ4n) is 3.70. The summed E-state index contributed by atoms with van der Waals surface area (Å²) >= 11 is 0. The quantitative estimate of drug-likeness (QED) is 0.870. The zero-order chi connectivity index (χ0) is 15.8. The zero-order valence-corrected chi connectivity index (χ0v) is 13.4. The molecule has 0 unspecified atom stereocenters. The van der Waals surface area contributed by atoms with Gasteiger partial charge in [0.25, 0.3) is 0 Å². The second kappa shape index (κ2) is 5.73. The molecule has 4 rings (SSSR count).